The number of esters is 1. The highest BCUT2D eigenvalue weighted by molar-refractivity contribution is 6.03. The monoisotopic (exact) mass is 1090 g/mol. The SMILES string of the molecule is CC[C@H](C)[C@@H]([C@@H](CC(=O)N1CCC[C@H]1[C@H](OC)[C@@H](C)C(=O)N[C@@H](Cc1ccccc1)C(=O)OC)OC)N(C)C(=O)[C@@H](CC(=O)[C@H](C(C)C)N(C)Cc1cccc(CC(=O)CCCCCN2C(=O)CC(C(C)C)C2=O)c1)C(C)C. The molecule has 2 aliphatic rings. The average Bonchev–Trinajstić information content (AvgIpc) is 4.02. The first-order valence-corrected chi connectivity index (χ1v) is 28.7. The highest BCUT2D eigenvalue weighted by Gasteiger charge is 2.44. The molecule has 2 aliphatic heterocycles. The minimum atomic E-state index is -0.916. The molecular weight excluding hydrogens is 991 g/mol. The van der Waals surface area contributed by atoms with Gasteiger partial charge in [0.2, 0.25) is 29.5 Å². The van der Waals surface area contributed by atoms with Crippen LogP contribution in [0.1, 0.15) is 143 Å². The predicted molar refractivity (Wildman–Crippen MR) is 302 cm³/mol. The number of nitrogens with one attached hydrogen (secondary N) is 1. The second-order valence-corrected chi connectivity index (χ2v) is 23.3. The lowest BCUT2D eigenvalue weighted by Gasteiger charge is -2.41. The molecule has 2 aromatic carbocycles. The van der Waals surface area contributed by atoms with Crippen LogP contribution < -0.4 is 5.32 Å². The fourth-order valence-electron chi connectivity index (χ4n) is 11.9. The van der Waals surface area contributed by atoms with Gasteiger partial charge in [0.25, 0.3) is 0 Å². The molecule has 0 radical (unpaired) electrons. The van der Waals surface area contributed by atoms with Crippen LogP contribution in [-0.4, -0.2) is 152 Å². The number of ketones is 2. The van der Waals surface area contributed by atoms with Gasteiger partial charge in [-0.1, -0.05) is 130 Å². The van der Waals surface area contributed by atoms with Gasteiger partial charge >= 0.3 is 5.97 Å². The zero-order valence-corrected chi connectivity index (χ0v) is 49.6. The largest absolute Gasteiger partial charge is 0.467 e. The summed E-state index contributed by atoms with van der Waals surface area (Å²) in [6.07, 6.45) is 3.99. The molecule has 1 unspecified atom stereocenters. The third-order valence-electron chi connectivity index (χ3n) is 16.6. The quantitative estimate of drug-likeness (QED) is 0.0414. The number of likely N-dealkylation sites (tertiary alicyclic amines) is 2. The number of hydrogen-bond acceptors (Lipinski definition) is 12. The summed E-state index contributed by atoms with van der Waals surface area (Å²) in [6.45, 7) is 19.0. The van der Waals surface area contributed by atoms with Gasteiger partial charge in [0.15, 0.2) is 5.78 Å². The Morgan fingerprint density at radius 3 is 2.05 bits per heavy atom. The van der Waals surface area contributed by atoms with Crippen molar-refractivity contribution < 1.29 is 52.6 Å². The van der Waals surface area contributed by atoms with Crippen molar-refractivity contribution in [2.24, 2.45) is 41.4 Å². The van der Waals surface area contributed by atoms with Gasteiger partial charge in [-0.25, -0.2) is 4.79 Å². The van der Waals surface area contributed by atoms with E-state index >= 15 is 0 Å². The van der Waals surface area contributed by atoms with Crippen molar-refractivity contribution in [1.29, 1.82) is 0 Å². The van der Waals surface area contributed by atoms with E-state index in [2.05, 4.69) is 5.32 Å². The number of ether oxygens (including phenoxy) is 3. The van der Waals surface area contributed by atoms with Crippen LogP contribution in [0.3, 0.4) is 0 Å². The molecule has 0 bridgehead atoms. The summed E-state index contributed by atoms with van der Waals surface area (Å²) in [6, 6.07) is 14.9. The molecule has 5 amide bonds. The van der Waals surface area contributed by atoms with Gasteiger partial charge in [0.05, 0.1) is 49.8 Å². The Labute approximate surface area is 466 Å². The molecular formula is C62H95N5O11. The number of nitrogens with zero attached hydrogens (tertiary/aromatic N) is 4. The normalized spacial score (nSPS) is 18.9. The van der Waals surface area contributed by atoms with E-state index in [4.69, 9.17) is 14.2 Å². The number of amides is 5. The van der Waals surface area contributed by atoms with E-state index < -0.39 is 60.1 Å². The number of rotatable bonds is 33. The Balaban J connectivity index is 1.39. The standard InChI is InChI=1S/C62H95N5O11/c1-15-42(8)57(53(76-12)37-55(71)66-31-23-29-51(66)58(77-13)43(9)59(72)63-50(62(75)78-14)34-44-24-18-16-19-25-44)65(11)60(73)48(39(2)3)35-52(69)56(41(6)7)64(10)38-46-27-22-26-45(32-46)33-47(68)28-20-17-21-30-67-54(70)36-49(40(4)5)61(67)74/h16,18-19,22,24-27,32,39-43,48-51,53,56-58H,15,17,20-21,23,28-31,33-38H2,1-14H3,(H,63,72)/t42-,43+,48-,49?,50-,51-,53+,56-,57-,58+/m0/s1. The minimum absolute atomic E-state index is 0.0227. The maximum absolute atomic E-state index is 14.9. The first-order chi connectivity index (χ1) is 37.0. The van der Waals surface area contributed by atoms with Crippen molar-refractivity contribution in [3.8, 4) is 0 Å². The number of carbonyl (C=O) groups is 8. The number of likely N-dealkylation sites (N-methyl/N-ethyl adjacent to an activating group) is 2. The molecule has 2 aromatic rings. The lowest BCUT2D eigenvalue weighted by atomic mass is 9.83. The summed E-state index contributed by atoms with van der Waals surface area (Å²) in [5.74, 6) is -3.22. The van der Waals surface area contributed by atoms with Gasteiger partial charge in [0.1, 0.15) is 11.8 Å². The number of methoxy groups -OCH3 is 3. The van der Waals surface area contributed by atoms with E-state index in [1.165, 1.54) is 19.1 Å². The van der Waals surface area contributed by atoms with Crippen LogP contribution in [0.5, 0.6) is 0 Å². The minimum Gasteiger partial charge on any atom is -0.467 e. The van der Waals surface area contributed by atoms with Gasteiger partial charge in [0, 0.05) is 84.8 Å². The van der Waals surface area contributed by atoms with Crippen LogP contribution in [-0.2, 0) is 72.0 Å². The van der Waals surface area contributed by atoms with Crippen molar-refractivity contribution in [2.45, 2.75) is 182 Å². The van der Waals surface area contributed by atoms with Crippen LogP contribution in [0, 0.1) is 41.4 Å². The summed E-state index contributed by atoms with van der Waals surface area (Å²) in [7, 11) is 8.04. The molecule has 2 heterocycles. The third kappa shape index (κ3) is 17.8. The topological polar surface area (TPSA) is 189 Å². The maximum Gasteiger partial charge on any atom is 0.328 e. The van der Waals surface area contributed by atoms with Crippen LogP contribution in [0.15, 0.2) is 54.6 Å². The van der Waals surface area contributed by atoms with Crippen LogP contribution in [0.25, 0.3) is 0 Å². The van der Waals surface area contributed by atoms with E-state index in [1.807, 2.05) is 122 Å². The molecule has 0 spiro atoms. The molecule has 78 heavy (non-hydrogen) atoms. The van der Waals surface area contributed by atoms with E-state index in [0.717, 1.165) is 23.1 Å². The van der Waals surface area contributed by atoms with E-state index in [1.54, 1.807) is 30.9 Å². The summed E-state index contributed by atoms with van der Waals surface area (Å²) in [5.41, 5.74) is 2.73. The second kappa shape index (κ2) is 31.5. The highest BCUT2D eigenvalue weighted by Crippen LogP contribution is 2.32. The molecule has 10 atom stereocenters. The number of benzene rings is 2. The molecule has 0 aromatic heterocycles. The third-order valence-corrected chi connectivity index (χ3v) is 16.6. The summed E-state index contributed by atoms with van der Waals surface area (Å²) < 4.78 is 17.2. The number of imide groups is 1. The van der Waals surface area contributed by atoms with Crippen LogP contribution >= 0.6 is 0 Å². The number of unbranched alkanes of at least 4 members (excludes halogenated alkanes) is 2. The van der Waals surface area contributed by atoms with Gasteiger partial charge in [-0.05, 0) is 73.1 Å². The van der Waals surface area contributed by atoms with E-state index in [0.29, 0.717) is 58.2 Å². The molecule has 16 nitrogen and oxygen atoms in total. The molecule has 2 fully saturated rings. The molecule has 1 N–H and O–H groups in total. The Kier molecular flexibility index (Phi) is 26.3. The first kappa shape index (κ1) is 65.2. The van der Waals surface area contributed by atoms with Crippen LogP contribution in [0.4, 0.5) is 0 Å². The fraction of sp³-hybridized carbons (Fsp3) is 0.677. The van der Waals surface area contributed by atoms with Gasteiger partial charge in [-0.15, -0.1) is 0 Å². The van der Waals surface area contributed by atoms with Crippen molar-refractivity contribution in [2.75, 3.05) is 48.5 Å². The molecule has 0 aliphatic carbocycles. The Hall–Kier alpha value is -5.32. The number of hydrogen-bond donors (Lipinski definition) is 1. The van der Waals surface area contributed by atoms with Crippen molar-refractivity contribution in [3.63, 3.8) is 0 Å². The molecule has 2 saturated heterocycles. The summed E-state index contributed by atoms with van der Waals surface area (Å²) in [4.78, 5) is 116. The van der Waals surface area contributed by atoms with Gasteiger partial charge in [-0.2, -0.15) is 0 Å². The Morgan fingerprint density at radius 2 is 1.46 bits per heavy atom. The average molecular weight is 1090 g/mol. The Bertz CT molecular complexity index is 2310. The van der Waals surface area contributed by atoms with Gasteiger partial charge in [-0.3, -0.25) is 43.4 Å². The molecule has 4 rings (SSSR count). The molecule has 16 heteroatoms. The zero-order chi connectivity index (χ0) is 58.0. The van der Waals surface area contributed by atoms with Crippen LogP contribution in [0.2, 0.25) is 0 Å². The zero-order valence-electron chi connectivity index (χ0n) is 49.6. The molecule has 434 valence electrons. The highest BCUT2D eigenvalue weighted by atomic mass is 16.5. The number of Topliss-reactive ketones (excluding diaryl/α,β-unsaturated/α-hetero) is 2. The van der Waals surface area contributed by atoms with E-state index in [-0.39, 0.29) is 96.9 Å². The van der Waals surface area contributed by atoms with Gasteiger partial charge < -0.3 is 29.3 Å². The summed E-state index contributed by atoms with van der Waals surface area (Å²) in [5, 5.41) is 2.88. The Morgan fingerprint density at radius 1 is 0.795 bits per heavy atom. The number of carbonyl (C=O) groups excluding carboxylic acids is 8. The van der Waals surface area contributed by atoms with Crippen molar-refractivity contribution in [1.82, 2.24) is 24.9 Å². The predicted octanol–water partition coefficient (Wildman–Crippen LogP) is 7.90. The smallest absolute Gasteiger partial charge is 0.328 e. The molecule has 0 saturated carbocycles. The lowest BCUT2D eigenvalue weighted by molar-refractivity contribution is -0.150. The lowest BCUT2D eigenvalue weighted by Crippen LogP contribution is -2.55. The van der Waals surface area contributed by atoms with E-state index in [9.17, 15) is 38.4 Å². The second-order valence-electron chi connectivity index (χ2n) is 23.3. The first-order valence-electron chi connectivity index (χ1n) is 28.7. The van der Waals surface area contributed by atoms with Crippen molar-refractivity contribution >= 4 is 47.1 Å². The fourth-order valence-corrected chi connectivity index (χ4v) is 11.9. The maximum atomic E-state index is 14.9. The summed E-state index contributed by atoms with van der Waals surface area (Å²) >= 11 is 0. The van der Waals surface area contributed by atoms with Crippen molar-refractivity contribution in [3.05, 3.63) is 71.3 Å².